The molecule has 1 N–H and O–H groups in total. The maximum atomic E-state index is 12.8. The summed E-state index contributed by atoms with van der Waals surface area (Å²) in [5, 5.41) is 14.8. The summed E-state index contributed by atoms with van der Waals surface area (Å²) in [5.74, 6) is 0.718. The minimum Gasteiger partial charge on any atom is -0.372 e. The molecule has 132 valence electrons. The smallest absolute Gasteiger partial charge is 0.318 e. The minimum atomic E-state index is -0.0806. The zero-order valence-corrected chi connectivity index (χ0v) is 14.6. The van der Waals surface area contributed by atoms with Crippen LogP contribution >= 0.6 is 0 Å². The number of likely N-dealkylation sites (N-methyl/N-ethyl adjacent to an activating group) is 1. The number of hydrogen-bond acceptors (Lipinski definition) is 5. The maximum Gasteiger partial charge on any atom is 0.318 e. The Morgan fingerprint density at radius 1 is 1.32 bits per heavy atom. The van der Waals surface area contributed by atoms with E-state index in [1.807, 2.05) is 21.7 Å². The van der Waals surface area contributed by atoms with E-state index in [4.69, 9.17) is 0 Å². The largest absolute Gasteiger partial charge is 0.372 e. The molecule has 0 spiro atoms. The van der Waals surface area contributed by atoms with Gasteiger partial charge in [-0.15, -0.1) is 5.10 Å². The number of fused-ring (bicyclic) bond motifs is 1. The molecule has 1 aliphatic heterocycles. The highest BCUT2D eigenvalue weighted by molar-refractivity contribution is 5.75. The third kappa shape index (κ3) is 3.16. The third-order valence-corrected chi connectivity index (χ3v) is 4.93. The Bertz CT molecular complexity index is 770. The third-order valence-electron chi connectivity index (χ3n) is 4.93. The molecule has 1 atom stereocenters. The summed E-state index contributed by atoms with van der Waals surface area (Å²) in [5.41, 5.74) is 2.34. The average Bonchev–Trinajstić information content (AvgIpc) is 3.37. The Morgan fingerprint density at radius 2 is 2.12 bits per heavy atom. The van der Waals surface area contributed by atoms with Crippen LogP contribution in [-0.4, -0.2) is 50.8 Å². The molecule has 1 aliphatic carbocycles. The Kier molecular flexibility index (Phi) is 4.03. The average molecular weight is 341 g/mol. The van der Waals surface area contributed by atoms with E-state index in [1.54, 1.807) is 0 Å². The first-order valence-electron chi connectivity index (χ1n) is 8.73. The van der Waals surface area contributed by atoms with Crippen LogP contribution in [0.2, 0.25) is 0 Å². The number of tetrazole rings is 1. The number of anilines is 1. The molecular formula is C17H23N7O. The van der Waals surface area contributed by atoms with E-state index in [9.17, 15) is 4.79 Å². The van der Waals surface area contributed by atoms with E-state index in [0.29, 0.717) is 19.1 Å². The number of carbonyl (C=O) groups is 1. The lowest BCUT2D eigenvalue weighted by Crippen LogP contribution is -2.46. The second kappa shape index (κ2) is 6.34. The molecule has 2 aliphatic rings. The Hall–Kier alpha value is -2.64. The van der Waals surface area contributed by atoms with Gasteiger partial charge in [0.15, 0.2) is 5.82 Å². The molecule has 0 unspecified atom stereocenters. The van der Waals surface area contributed by atoms with E-state index in [0.717, 1.165) is 30.8 Å². The van der Waals surface area contributed by atoms with Crippen LogP contribution in [0.4, 0.5) is 10.5 Å². The Balaban J connectivity index is 1.46. The lowest BCUT2D eigenvalue weighted by molar-refractivity contribution is 0.177. The van der Waals surface area contributed by atoms with E-state index in [1.165, 1.54) is 5.69 Å². The number of amides is 2. The number of nitrogens with one attached hydrogen (secondary N) is 1. The van der Waals surface area contributed by atoms with Crippen molar-refractivity contribution in [2.45, 2.75) is 44.9 Å². The summed E-state index contributed by atoms with van der Waals surface area (Å²) in [6, 6.07) is 8.67. The summed E-state index contributed by atoms with van der Waals surface area (Å²) in [4.78, 5) is 16.9. The van der Waals surface area contributed by atoms with Gasteiger partial charge in [0.1, 0.15) is 0 Å². The summed E-state index contributed by atoms with van der Waals surface area (Å²) >= 11 is 0. The van der Waals surface area contributed by atoms with Gasteiger partial charge < -0.3 is 15.1 Å². The highest BCUT2D eigenvalue weighted by Gasteiger charge is 2.29. The van der Waals surface area contributed by atoms with Gasteiger partial charge in [-0.3, -0.25) is 0 Å². The van der Waals surface area contributed by atoms with Crippen LogP contribution in [0.3, 0.4) is 0 Å². The fraction of sp³-hybridized carbons (Fsp3) is 0.529. The molecule has 0 radical (unpaired) electrons. The van der Waals surface area contributed by atoms with E-state index >= 15 is 0 Å². The van der Waals surface area contributed by atoms with Crippen molar-refractivity contribution in [2.75, 3.05) is 18.5 Å². The van der Waals surface area contributed by atoms with Gasteiger partial charge in [0.2, 0.25) is 0 Å². The van der Waals surface area contributed by atoms with Gasteiger partial charge in [-0.05, 0) is 41.8 Å². The lowest BCUT2D eigenvalue weighted by Gasteiger charge is -2.28. The second-order valence-electron chi connectivity index (χ2n) is 6.92. The van der Waals surface area contributed by atoms with E-state index < -0.39 is 0 Å². The molecule has 2 amide bonds. The first-order chi connectivity index (χ1) is 12.1. The molecule has 1 aromatic carbocycles. The molecule has 8 heteroatoms. The Labute approximate surface area is 146 Å². The number of hydrogen-bond donors (Lipinski definition) is 1. The van der Waals surface area contributed by atoms with Crippen molar-refractivity contribution in [3.8, 4) is 0 Å². The number of nitrogens with zero attached hydrogens (tertiary/aromatic N) is 6. The molecule has 8 nitrogen and oxygen atoms in total. The van der Waals surface area contributed by atoms with Gasteiger partial charge in [0.25, 0.3) is 0 Å². The zero-order valence-electron chi connectivity index (χ0n) is 14.6. The van der Waals surface area contributed by atoms with E-state index in [2.05, 4.69) is 51.8 Å². The number of rotatable bonds is 3. The minimum absolute atomic E-state index is 0.0806. The van der Waals surface area contributed by atoms with Crippen molar-refractivity contribution in [3.63, 3.8) is 0 Å². The summed E-state index contributed by atoms with van der Waals surface area (Å²) in [6.45, 7) is 3.82. The topological polar surface area (TPSA) is 79.2 Å². The number of benzene rings is 1. The van der Waals surface area contributed by atoms with Crippen LogP contribution in [0, 0.1) is 0 Å². The standard InChI is InChI=1S/C17H23N7O/c1-12-10-22(2)15-6-4-3-5-13(15)11-23(12)17(25)18-9-16-19-20-21-24(16)14-7-8-14/h3-6,12,14H,7-11H2,1-2H3,(H,18,25)/t12-/m0/s1. The molecule has 25 heavy (non-hydrogen) atoms. The number of aromatic nitrogens is 4. The van der Waals surface area contributed by atoms with E-state index in [-0.39, 0.29) is 12.1 Å². The van der Waals surface area contributed by atoms with Crippen LogP contribution in [-0.2, 0) is 13.1 Å². The highest BCUT2D eigenvalue weighted by atomic mass is 16.2. The lowest BCUT2D eigenvalue weighted by atomic mass is 10.1. The molecule has 1 saturated carbocycles. The van der Waals surface area contributed by atoms with Gasteiger partial charge in [0.05, 0.1) is 12.6 Å². The molecule has 4 rings (SSSR count). The van der Waals surface area contributed by atoms with Crippen molar-refractivity contribution in [2.24, 2.45) is 0 Å². The van der Waals surface area contributed by atoms with Crippen molar-refractivity contribution in [1.29, 1.82) is 0 Å². The highest BCUT2D eigenvalue weighted by Crippen LogP contribution is 2.34. The molecule has 2 heterocycles. The van der Waals surface area contributed by atoms with Crippen molar-refractivity contribution >= 4 is 11.7 Å². The second-order valence-corrected chi connectivity index (χ2v) is 6.92. The quantitative estimate of drug-likeness (QED) is 0.916. The molecule has 2 aromatic rings. The van der Waals surface area contributed by atoms with Gasteiger partial charge in [-0.2, -0.15) is 0 Å². The van der Waals surface area contributed by atoms with Gasteiger partial charge in [-0.25, -0.2) is 9.48 Å². The molecular weight excluding hydrogens is 318 g/mol. The van der Waals surface area contributed by atoms with Gasteiger partial charge >= 0.3 is 6.03 Å². The summed E-state index contributed by atoms with van der Waals surface area (Å²) < 4.78 is 1.83. The number of urea groups is 1. The summed E-state index contributed by atoms with van der Waals surface area (Å²) in [7, 11) is 2.07. The monoisotopic (exact) mass is 341 g/mol. The predicted molar refractivity (Wildman–Crippen MR) is 93.0 cm³/mol. The molecule has 1 aromatic heterocycles. The normalized spacial score (nSPS) is 20.2. The van der Waals surface area contributed by atoms with Crippen LogP contribution in [0.5, 0.6) is 0 Å². The van der Waals surface area contributed by atoms with Gasteiger partial charge in [-0.1, -0.05) is 18.2 Å². The van der Waals surface area contributed by atoms with Crippen molar-refractivity contribution < 1.29 is 4.79 Å². The van der Waals surface area contributed by atoms with Gasteiger partial charge in [0, 0.05) is 31.9 Å². The Morgan fingerprint density at radius 3 is 2.92 bits per heavy atom. The van der Waals surface area contributed by atoms with Crippen molar-refractivity contribution in [3.05, 3.63) is 35.7 Å². The van der Waals surface area contributed by atoms with Crippen LogP contribution in [0.25, 0.3) is 0 Å². The zero-order chi connectivity index (χ0) is 17.4. The first-order valence-corrected chi connectivity index (χ1v) is 8.73. The molecule has 0 saturated heterocycles. The van der Waals surface area contributed by atoms with Crippen LogP contribution in [0.1, 0.15) is 37.2 Å². The molecule has 0 bridgehead atoms. The van der Waals surface area contributed by atoms with Crippen LogP contribution in [0.15, 0.2) is 24.3 Å². The first kappa shape index (κ1) is 15.9. The van der Waals surface area contributed by atoms with Crippen molar-refractivity contribution in [1.82, 2.24) is 30.4 Å². The summed E-state index contributed by atoms with van der Waals surface area (Å²) in [6.07, 6.45) is 2.22. The fourth-order valence-electron chi connectivity index (χ4n) is 3.41. The number of carbonyl (C=O) groups excluding carboxylic acids is 1. The number of para-hydroxylation sites is 1. The fourth-order valence-corrected chi connectivity index (χ4v) is 3.41. The van der Waals surface area contributed by atoms with Crippen LogP contribution < -0.4 is 10.2 Å². The molecule has 1 fully saturated rings. The predicted octanol–water partition coefficient (Wildman–Crippen LogP) is 1.56. The maximum absolute atomic E-state index is 12.8. The SMILES string of the molecule is C[C@H]1CN(C)c2ccccc2CN1C(=O)NCc1nnnn1C1CC1.